The second kappa shape index (κ2) is 6.91. The summed E-state index contributed by atoms with van der Waals surface area (Å²) in [5.41, 5.74) is 1.04. The minimum Gasteiger partial charge on any atom is -0.383 e. The summed E-state index contributed by atoms with van der Waals surface area (Å²) in [6.45, 7) is 12.5. The van der Waals surface area contributed by atoms with Crippen molar-refractivity contribution in [2.24, 2.45) is 16.7 Å². The van der Waals surface area contributed by atoms with Gasteiger partial charge in [-0.25, -0.2) is 0 Å². The van der Waals surface area contributed by atoms with E-state index in [-0.39, 0.29) is 0 Å². The molecule has 1 rings (SSSR count). The Kier molecular flexibility index (Phi) is 6.13. The molecule has 0 aliphatic heterocycles. The van der Waals surface area contributed by atoms with Crippen LogP contribution >= 0.6 is 0 Å². The van der Waals surface area contributed by atoms with E-state index >= 15 is 0 Å². The number of nitrogens with one attached hydrogen (secondary N) is 1. The average molecular weight is 255 g/mol. The first kappa shape index (κ1) is 16.0. The van der Waals surface area contributed by atoms with Crippen LogP contribution < -0.4 is 5.32 Å². The molecule has 2 nitrogen and oxygen atoms in total. The molecule has 0 aromatic carbocycles. The number of hydrogen-bond acceptors (Lipinski definition) is 2. The largest absolute Gasteiger partial charge is 0.383 e. The van der Waals surface area contributed by atoms with Crippen LogP contribution in [0.25, 0.3) is 0 Å². The molecular formula is C16H33NO. The molecule has 108 valence electrons. The number of hydrogen-bond donors (Lipinski definition) is 1. The van der Waals surface area contributed by atoms with Crippen molar-refractivity contribution >= 4 is 0 Å². The monoisotopic (exact) mass is 255 g/mol. The van der Waals surface area contributed by atoms with Crippen LogP contribution in [0.3, 0.4) is 0 Å². The van der Waals surface area contributed by atoms with Crippen LogP contribution in [0.2, 0.25) is 0 Å². The van der Waals surface area contributed by atoms with E-state index < -0.39 is 0 Å². The lowest BCUT2D eigenvalue weighted by molar-refractivity contribution is 0.0813. The van der Waals surface area contributed by atoms with E-state index in [1.165, 1.54) is 38.6 Å². The van der Waals surface area contributed by atoms with Crippen molar-refractivity contribution in [2.75, 3.05) is 26.8 Å². The first-order valence-electron chi connectivity index (χ1n) is 7.63. The molecule has 0 aromatic rings. The summed E-state index contributed by atoms with van der Waals surface area (Å²) in [6.07, 6.45) is 6.91. The molecule has 0 aromatic heterocycles. The van der Waals surface area contributed by atoms with Gasteiger partial charge in [0.05, 0.1) is 6.61 Å². The maximum Gasteiger partial charge on any atom is 0.0587 e. The fourth-order valence-electron chi connectivity index (χ4n) is 3.28. The predicted octanol–water partition coefficient (Wildman–Crippen LogP) is 3.86. The van der Waals surface area contributed by atoms with E-state index in [2.05, 4.69) is 33.0 Å². The first-order chi connectivity index (χ1) is 8.43. The lowest BCUT2D eigenvalue weighted by Gasteiger charge is -2.44. The minimum atomic E-state index is 0.489. The average Bonchev–Trinajstić information content (AvgIpc) is 2.34. The second-order valence-corrected chi connectivity index (χ2v) is 7.16. The van der Waals surface area contributed by atoms with Crippen molar-refractivity contribution in [3.8, 4) is 0 Å². The zero-order chi connectivity index (χ0) is 13.6. The molecule has 0 radical (unpaired) electrons. The van der Waals surface area contributed by atoms with Gasteiger partial charge >= 0.3 is 0 Å². The van der Waals surface area contributed by atoms with Gasteiger partial charge in [-0.15, -0.1) is 0 Å². The number of ether oxygens (including phenoxy) is 1. The van der Waals surface area contributed by atoms with Gasteiger partial charge in [0.15, 0.2) is 0 Å². The second-order valence-electron chi connectivity index (χ2n) is 7.16. The predicted molar refractivity (Wildman–Crippen MR) is 78.9 cm³/mol. The van der Waals surface area contributed by atoms with Gasteiger partial charge in [0.25, 0.3) is 0 Å². The molecule has 0 amide bonds. The van der Waals surface area contributed by atoms with Gasteiger partial charge in [-0.05, 0) is 48.9 Å². The Balaban J connectivity index is 2.40. The Labute approximate surface area is 114 Å². The minimum absolute atomic E-state index is 0.489. The smallest absolute Gasteiger partial charge is 0.0587 e. The van der Waals surface area contributed by atoms with Crippen molar-refractivity contribution in [2.45, 2.75) is 59.8 Å². The normalized spacial score (nSPS) is 29.5. The van der Waals surface area contributed by atoms with Crippen molar-refractivity contribution in [1.29, 1.82) is 0 Å². The number of methoxy groups -OCH3 is 1. The molecule has 0 bridgehead atoms. The highest BCUT2D eigenvalue weighted by Crippen LogP contribution is 2.46. The molecule has 1 fully saturated rings. The molecule has 18 heavy (non-hydrogen) atoms. The molecule has 0 unspecified atom stereocenters. The lowest BCUT2D eigenvalue weighted by Crippen LogP contribution is -2.40. The summed E-state index contributed by atoms with van der Waals surface area (Å²) in [5, 5.41) is 3.58. The third-order valence-corrected chi connectivity index (χ3v) is 5.00. The number of rotatable bonds is 6. The van der Waals surface area contributed by atoms with E-state index in [4.69, 9.17) is 4.74 Å². The van der Waals surface area contributed by atoms with Gasteiger partial charge in [-0.3, -0.25) is 0 Å². The fraction of sp³-hybridized carbons (Fsp3) is 1.00. The first-order valence-corrected chi connectivity index (χ1v) is 7.63. The maximum atomic E-state index is 5.10. The van der Waals surface area contributed by atoms with E-state index in [1.54, 1.807) is 7.11 Å². The van der Waals surface area contributed by atoms with Crippen molar-refractivity contribution < 1.29 is 4.74 Å². The lowest BCUT2D eigenvalue weighted by atomic mass is 9.63. The molecule has 0 atom stereocenters. The van der Waals surface area contributed by atoms with Crippen LogP contribution in [0.1, 0.15) is 59.8 Å². The van der Waals surface area contributed by atoms with Gasteiger partial charge in [0.2, 0.25) is 0 Å². The summed E-state index contributed by atoms with van der Waals surface area (Å²) in [7, 11) is 1.77. The van der Waals surface area contributed by atoms with Gasteiger partial charge in [-0.1, -0.05) is 27.7 Å². The topological polar surface area (TPSA) is 21.3 Å². The van der Waals surface area contributed by atoms with E-state index in [0.29, 0.717) is 10.8 Å². The Morgan fingerprint density at radius 1 is 1.22 bits per heavy atom. The van der Waals surface area contributed by atoms with Crippen molar-refractivity contribution in [1.82, 2.24) is 5.32 Å². The van der Waals surface area contributed by atoms with Crippen LogP contribution in [0, 0.1) is 16.7 Å². The summed E-state index contributed by atoms with van der Waals surface area (Å²) in [5.74, 6) is 0.913. The van der Waals surface area contributed by atoms with Crippen LogP contribution in [0.4, 0.5) is 0 Å². The summed E-state index contributed by atoms with van der Waals surface area (Å²) >= 11 is 0. The molecule has 0 saturated heterocycles. The molecule has 0 spiro atoms. The third-order valence-electron chi connectivity index (χ3n) is 5.00. The Morgan fingerprint density at radius 2 is 1.83 bits per heavy atom. The SMILES string of the molecule is CCC1(CNCCOC)CCC(C(C)(C)C)CC1. The standard InChI is InChI=1S/C16H33NO/c1-6-16(13-17-11-12-18-5)9-7-14(8-10-16)15(2,3)4/h14,17H,6-13H2,1-5H3. The third kappa shape index (κ3) is 4.55. The highest BCUT2D eigenvalue weighted by molar-refractivity contribution is 4.89. The Hall–Kier alpha value is -0.0800. The quantitative estimate of drug-likeness (QED) is 0.728. The van der Waals surface area contributed by atoms with Crippen LogP contribution in [0.5, 0.6) is 0 Å². The summed E-state index contributed by atoms with van der Waals surface area (Å²) in [4.78, 5) is 0. The van der Waals surface area contributed by atoms with Crippen LogP contribution in [0.15, 0.2) is 0 Å². The zero-order valence-corrected chi connectivity index (χ0v) is 13.1. The Bertz CT molecular complexity index is 224. The summed E-state index contributed by atoms with van der Waals surface area (Å²) < 4.78 is 5.10. The zero-order valence-electron chi connectivity index (χ0n) is 13.1. The highest BCUT2D eigenvalue weighted by atomic mass is 16.5. The molecule has 1 aliphatic carbocycles. The molecular weight excluding hydrogens is 222 g/mol. The fourth-order valence-corrected chi connectivity index (χ4v) is 3.28. The van der Waals surface area contributed by atoms with Crippen LogP contribution in [-0.4, -0.2) is 26.8 Å². The van der Waals surface area contributed by atoms with Crippen molar-refractivity contribution in [3.05, 3.63) is 0 Å². The molecule has 0 heterocycles. The molecule has 1 N–H and O–H groups in total. The van der Waals surface area contributed by atoms with Gasteiger partial charge < -0.3 is 10.1 Å². The Morgan fingerprint density at radius 3 is 2.28 bits per heavy atom. The van der Waals surface area contributed by atoms with E-state index in [1.807, 2.05) is 0 Å². The highest BCUT2D eigenvalue weighted by Gasteiger charge is 2.37. The van der Waals surface area contributed by atoms with Crippen molar-refractivity contribution in [3.63, 3.8) is 0 Å². The van der Waals surface area contributed by atoms with Gasteiger partial charge in [0.1, 0.15) is 0 Å². The van der Waals surface area contributed by atoms with E-state index in [9.17, 15) is 0 Å². The molecule has 1 saturated carbocycles. The van der Waals surface area contributed by atoms with E-state index in [0.717, 1.165) is 19.1 Å². The van der Waals surface area contributed by atoms with Crippen LogP contribution in [-0.2, 0) is 4.74 Å². The van der Waals surface area contributed by atoms with Gasteiger partial charge in [0, 0.05) is 20.2 Å². The van der Waals surface area contributed by atoms with Gasteiger partial charge in [-0.2, -0.15) is 0 Å². The molecule has 1 aliphatic rings. The maximum absolute atomic E-state index is 5.10. The molecule has 2 heteroatoms. The summed E-state index contributed by atoms with van der Waals surface area (Å²) in [6, 6.07) is 0.